The van der Waals surface area contributed by atoms with Gasteiger partial charge in [-0.05, 0) is 31.0 Å². The first-order valence-corrected chi connectivity index (χ1v) is 7.55. The van der Waals surface area contributed by atoms with Crippen LogP contribution in [-0.2, 0) is 9.59 Å². The summed E-state index contributed by atoms with van der Waals surface area (Å²) in [6, 6.07) is 5.02. The van der Waals surface area contributed by atoms with Crippen molar-refractivity contribution in [3.8, 4) is 0 Å². The van der Waals surface area contributed by atoms with Crippen LogP contribution >= 0.6 is 15.9 Å². The van der Waals surface area contributed by atoms with Gasteiger partial charge >= 0.3 is 0 Å². The lowest BCUT2D eigenvalue weighted by Gasteiger charge is -2.20. The Balaban J connectivity index is 2.17. The Morgan fingerprint density at radius 1 is 1.29 bits per heavy atom. The third kappa shape index (κ3) is 3.15. The van der Waals surface area contributed by atoms with E-state index in [9.17, 15) is 14.4 Å². The summed E-state index contributed by atoms with van der Waals surface area (Å²) in [5.74, 6) is -1.20. The molecule has 1 aromatic carbocycles. The minimum Gasteiger partial charge on any atom is -0.352 e. The third-order valence-corrected chi connectivity index (χ3v) is 4.12. The van der Waals surface area contributed by atoms with Crippen LogP contribution in [0.15, 0.2) is 22.7 Å². The van der Waals surface area contributed by atoms with Gasteiger partial charge in [-0.15, -0.1) is 0 Å². The third-order valence-electron chi connectivity index (χ3n) is 3.62. The number of nitrogens with one attached hydrogen (secondary N) is 1. The standard InChI is InChI=1S/C15H17BrN2O3/c1-8(2)9(3)17-13(19)7-18-12-5-4-10(16)6-11(12)14(20)15(18)21/h4-6,8-9H,7H2,1-3H3,(H,17,19). The summed E-state index contributed by atoms with van der Waals surface area (Å²) < 4.78 is 0.724. The molecule has 112 valence electrons. The average Bonchev–Trinajstić information content (AvgIpc) is 2.63. The van der Waals surface area contributed by atoms with E-state index in [4.69, 9.17) is 0 Å². The number of ketones is 1. The van der Waals surface area contributed by atoms with Crippen LogP contribution in [0.2, 0.25) is 0 Å². The van der Waals surface area contributed by atoms with Crippen molar-refractivity contribution in [2.45, 2.75) is 26.8 Å². The molecule has 1 atom stereocenters. The van der Waals surface area contributed by atoms with Gasteiger partial charge in [0, 0.05) is 10.5 Å². The first-order valence-electron chi connectivity index (χ1n) is 6.76. The van der Waals surface area contributed by atoms with E-state index in [-0.39, 0.29) is 18.5 Å². The van der Waals surface area contributed by atoms with E-state index >= 15 is 0 Å². The van der Waals surface area contributed by atoms with E-state index in [1.165, 1.54) is 4.90 Å². The van der Waals surface area contributed by atoms with Crippen LogP contribution in [0, 0.1) is 5.92 Å². The quantitative estimate of drug-likeness (QED) is 0.844. The van der Waals surface area contributed by atoms with E-state index in [1.807, 2.05) is 20.8 Å². The van der Waals surface area contributed by atoms with Crippen molar-refractivity contribution in [1.29, 1.82) is 0 Å². The van der Waals surface area contributed by atoms with Crippen molar-refractivity contribution in [3.05, 3.63) is 28.2 Å². The van der Waals surface area contributed by atoms with Gasteiger partial charge < -0.3 is 5.32 Å². The van der Waals surface area contributed by atoms with Crippen molar-refractivity contribution in [1.82, 2.24) is 5.32 Å². The normalized spacial score (nSPS) is 15.4. The Morgan fingerprint density at radius 3 is 2.57 bits per heavy atom. The summed E-state index contributed by atoms with van der Waals surface area (Å²) in [6.45, 7) is 5.77. The number of hydrogen-bond acceptors (Lipinski definition) is 3. The maximum atomic E-state index is 12.0. The number of nitrogens with zero attached hydrogens (tertiary/aromatic N) is 1. The highest BCUT2D eigenvalue weighted by atomic mass is 79.9. The summed E-state index contributed by atoms with van der Waals surface area (Å²) in [6.07, 6.45) is 0. The fourth-order valence-electron chi connectivity index (χ4n) is 2.04. The molecule has 1 N–H and O–H groups in total. The molecule has 0 saturated heterocycles. The number of Topliss-reactive ketones (excluding diaryl/α,β-unsaturated/α-hetero) is 1. The monoisotopic (exact) mass is 352 g/mol. The summed E-state index contributed by atoms with van der Waals surface area (Å²) in [7, 11) is 0. The lowest BCUT2D eigenvalue weighted by molar-refractivity contribution is -0.122. The maximum absolute atomic E-state index is 12.0. The van der Waals surface area contributed by atoms with Crippen molar-refractivity contribution >= 4 is 39.2 Å². The van der Waals surface area contributed by atoms with Gasteiger partial charge in [0.25, 0.3) is 11.7 Å². The van der Waals surface area contributed by atoms with E-state index < -0.39 is 11.7 Å². The molecule has 1 aliphatic rings. The van der Waals surface area contributed by atoms with E-state index in [0.717, 1.165) is 4.47 Å². The van der Waals surface area contributed by atoms with Gasteiger partial charge in [0.15, 0.2) is 0 Å². The Morgan fingerprint density at radius 2 is 1.95 bits per heavy atom. The van der Waals surface area contributed by atoms with Crippen molar-refractivity contribution in [3.63, 3.8) is 0 Å². The largest absolute Gasteiger partial charge is 0.352 e. The Kier molecular flexibility index (Phi) is 4.46. The zero-order valence-electron chi connectivity index (χ0n) is 12.1. The second-order valence-electron chi connectivity index (χ2n) is 5.48. The molecule has 0 spiro atoms. The molecule has 1 aliphatic heterocycles. The Hall–Kier alpha value is -1.69. The Bertz CT molecular complexity index is 613. The van der Waals surface area contributed by atoms with Crippen LogP contribution in [-0.4, -0.2) is 30.2 Å². The molecule has 0 aromatic heterocycles. The lowest BCUT2D eigenvalue weighted by atomic mass is 10.1. The number of carbonyl (C=O) groups is 3. The van der Waals surface area contributed by atoms with Crippen LogP contribution in [0.4, 0.5) is 5.69 Å². The number of fused-ring (bicyclic) bond motifs is 1. The summed E-state index contributed by atoms with van der Waals surface area (Å²) in [5, 5.41) is 2.83. The van der Waals surface area contributed by atoms with Gasteiger partial charge in [-0.2, -0.15) is 0 Å². The molecule has 1 unspecified atom stereocenters. The first kappa shape index (κ1) is 15.7. The van der Waals surface area contributed by atoms with Crippen LogP contribution < -0.4 is 10.2 Å². The molecular formula is C15H17BrN2O3. The van der Waals surface area contributed by atoms with Crippen molar-refractivity contribution in [2.24, 2.45) is 5.92 Å². The second-order valence-corrected chi connectivity index (χ2v) is 6.40. The summed E-state index contributed by atoms with van der Waals surface area (Å²) >= 11 is 3.27. The van der Waals surface area contributed by atoms with Crippen LogP contribution in [0.5, 0.6) is 0 Å². The number of amides is 2. The molecule has 6 heteroatoms. The molecule has 5 nitrogen and oxygen atoms in total. The SMILES string of the molecule is CC(C)C(C)NC(=O)CN1C(=O)C(=O)c2cc(Br)ccc21. The van der Waals surface area contributed by atoms with Crippen molar-refractivity contribution in [2.75, 3.05) is 11.4 Å². The predicted molar refractivity (Wildman–Crippen MR) is 83.3 cm³/mol. The predicted octanol–water partition coefficient (Wildman–Crippen LogP) is 2.14. The van der Waals surface area contributed by atoms with Gasteiger partial charge in [-0.3, -0.25) is 19.3 Å². The molecule has 2 amide bonds. The van der Waals surface area contributed by atoms with Crippen LogP contribution in [0.3, 0.4) is 0 Å². The molecule has 2 rings (SSSR count). The van der Waals surface area contributed by atoms with Crippen LogP contribution in [0.25, 0.3) is 0 Å². The highest BCUT2D eigenvalue weighted by Gasteiger charge is 2.36. The van der Waals surface area contributed by atoms with E-state index in [0.29, 0.717) is 17.2 Å². The molecule has 0 aliphatic carbocycles. The second kappa shape index (κ2) is 5.97. The summed E-state index contributed by atoms with van der Waals surface area (Å²) in [4.78, 5) is 37.2. The Labute approximate surface area is 131 Å². The number of carbonyl (C=O) groups excluding carboxylic acids is 3. The highest BCUT2D eigenvalue weighted by molar-refractivity contribution is 9.10. The summed E-state index contributed by atoms with van der Waals surface area (Å²) in [5.41, 5.74) is 0.819. The van der Waals surface area contributed by atoms with Gasteiger partial charge in [-0.25, -0.2) is 0 Å². The van der Waals surface area contributed by atoms with Crippen LogP contribution in [0.1, 0.15) is 31.1 Å². The van der Waals surface area contributed by atoms with E-state index in [2.05, 4.69) is 21.2 Å². The molecule has 21 heavy (non-hydrogen) atoms. The van der Waals surface area contributed by atoms with Gasteiger partial charge in [-0.1, -0.05) is 29.8 Å². The number of anilines is 1. The smallest absolute Gasteiger partial charge is 0.299 e. The van der Waals surface area contributed by atoms with Gasteiger partial charge in [0.1, 0.15) is 6.54 Å². The molecule has 0 bridgehead atoms. The number of benzene rings is 1. The minimum absolute atomic E-state index is 0.00953. The molecule has 0 fully saturated rings. The van der Waals surface area contributed by atoms with E-state index in [1.54, 1.807) is 18.2 Å². The number of halogens is 1. The topological polar surface area (TPSA) is 66.5 Å². The maximum Gasteiger partial charge on any atom is 0.299 e. The number of rotatable bonds is 4. The molecule has 1 aromatic rings. The van der Waals surface area contributed by atoms with Crippen molar-refractivity contribution < 1.29 is 14.4 Å². The molecular weight excluding hydrogens is 336 g/mol. The minimum atomic E-state index is -0.657. The fraction of sp³-hybridized carbons (Fsp3) is 0.400. The highest BCUT2D eigenvalue weighted by Crippen LogP contribution is 2.31. The van der Waals surface area contributed by atoms with Gasteiger partial charge in [0.2, 0.25) is 5.91 Å². The molecule has 0 radical (unpaired) electrons. The fourth-order valence-corrected chi connectivity index (χ4v) is 2.40. The zero-order valence-corrected chi connectivity index (χ0v) is 13.7. The van der Waals surface area contributed by atoms with Gasteiger partial charge in [0.05, 0.1) is 11.3 Å². The average molecular weight is 353 g/mol. The first-order chi connectivity index (χ1) is 9.81. The molecule has 1 heterocycles. The molecule has 0 saturated carbocycles. The number of hydrogen-bond donors (Lipinski definition) is 1. The zero-order chi connectivity index (χ0) is 15.7. The lowest BCUT2D eigenvalue weighted by Crippen LogP contribution is -2.44.